The smallest absolute Gasteiger partial charge is 0.306 e. The van der Waals surface area contributed by atoms with E-state index in [0.717, 1.165) is 16.1 Å². The lowest BCUT2D eigenvalue weighted by Gasteiger charge is -2.20. The van der Waals surface area contributed by atoms with Gasteiger partial charge in [-0.15, -0.1) is 0 Å². The fourth-order valence-electron chi connectivity index (χ4n) is 3.38. The number of ether oxygens (including phenoxy) is 1. The van der Waals surface area contributed by atoms with Crippen molar-refractivity contribution in [1.29, 1.82) is 0 Å². The van der Waals surface area contributed by atoms with E-state index in [2.05, 4.69) is 15.0 Å². The van der Waals surface area contributed by atoms with Gasteiger partial charge in [0.05, 0.1) is 36.5 Å². The van der Waals surface area contributed by atoms with Crippen LogP contribution in [0.4, 0.5) is 5.69 Å². The van der Waals surface area contributed by atoms with Gasteiger partial charge in [0.15, 0.2) is 0 Å². The van der Waals surface area contributed by atoms with E-state index in [1.165, 1.54) is 41.6 Å². The van der Waals surface area contributed by atoms with Gasteiger partial charge in [-0.1, -0.05) is 23.9 Å². The molecule has 0 spiro atoms. The molecule has 0 aliphatic carbocycles. The molecule has 1 atom stereocenters. The maximum atomic E-state index is 13.0. The average Bonchev–Trinajstić information content (AvgIpc) is 3.40. The van der Waals surface area contributed by atoms with Crippen LogP contribution in [0.5, 0.6) is 0 Å². The number of esters is 1. The standard InChI is InChI=1S/C21H22N4O4S2/c1-3-29-19(26)11-15-12-23-21(30-15)17-10-14-6-4-8-18(20(14)24-17)25(2)31(27,28)16-7-5-9-22-13-16/h4-10,13,15,24H,3,11-12H2,1-2H3. The van der Waals surface area contributed by atoms with Crippen molar-refractivity contribution in [3.05, 3.63) is 54.5 Å². The van der Waals surface area contributed by atoms with Crippen LogP contribution in [0.3, 0.4) is 0 Å². The summed E-state index contributed by atoms with van der Waals surface area (Å²) in [5.41, 5.74) is 2.02. The second-order valence-corrected chi connectivity index (χ2v) is 10.2. The second-order valence-electron chi connectivity index (χ2n) is 6.98. The maximum Gasteiger partial charge on any atom is 0.306 e. The SMILES string of the molecule is CCOC(=O)CC1CN=C(c2cc3cccc(N(C)S(=O)(=O)c4cccnc4)c3[nH]2)S1. The number of benzene rings is 1. The topological polar surface area (TPSA) is 105 Å². The van der Waals surface area contributed by atoms with Crippen LogP contribution in [0.15, 0.2) is 58.7 Å². The summed E-state index contributed by atoms with van der Waals surface area (Å²) in [6.45, 7) is 2.69. The summed E-state index contributed by atoms with van der Waals surface area (Å²) in [5.74, 6) is -0.224. The van der Waals surface area contributed by atoms with E-state index < -0.39 is 10.0 Å². The minimum absolute atomic E-state index is 0.0357. The molecule has 0 saturated carbocycles. The molecular weight excluding hydrogens is 436 g/mol. The molecule has 0 radical (unpaired) electrons. The monoisotopic (exact) mass is 458 g/mol. The molecule has 4 rings (SSSR count). The van der Waals surface area contributed by atoms with E-state index >= 15 is 0 Å². The van der Waals surface area contributed by atoms with Gasteiger partial charge in [0.25, 0.3) is 10.0 Å². The van der Waals surface area contributed by atoms with E-state index in [1.807, 2.05) is 18.2 Å². The summed E-state index contributed by atoms with van der Waals surface area (Å²) in [6, 6.07) is 10.5. The molecule has 1 unspecified atom stereocenters. The van der Waals surface area contributed by atoms with Gasteiger partial charge >= 0.3 is 5.97 Å². The van der Waals surface area contributed by atoms with Crippen molar-refractivity contribution >= 4 is 49.4 Å². The number of aliphatic imine (C=N–C) groups is 1. The Labute approximate surface area is 184 Å². The largest absolute Gasteiger partial charge is 0.466 e. The molecule has 3 heterocycles. The van der Waals surface area contributed by atoms with Gasteiger partial charge < -0.3 is 9.72 Å². The molecule has 1 N–H and O–H groups in total. The second kappa shape index (κ2) is 8.72. The van der Waals surface area contributed by atoms with E-state index in [-0.39, 0.29) is 16.1 Å². The molecule has 2 aromatic heterocycles. The van der Waals surface area contributed by atoms with Crippen molar-refractivity contribution in [2.24, 2.45) is 4.99 Å². The first-order chi connectivity index (χ1) is 14.9. The first kappa shape index (κ1) is 21.4. The third kappa shape index (κ3) is 4.31. The number of para-hydroxylation sites is 1. The van der Waals surface area contributed by atoms with Crippen molar-refractivity contribution in [1.82, 2.24) is 9.97 Å². The molecule has 8 nitrogen and oxygen atoms in total. The van der Waals surface area contributed by atoms with Crippen LogP contribution < -0.4 is 4.31 Å². The summed E-state index contributed by atoms with van der Waals surface area (Å²) < 4.78 is 32.4. The van der Waals surface area contributed by atoms with Gasteiger partial charge in [-0.2, -0.15) is 0 Å². The molecular formula is C21H22N4O4S2. The fraction of sp³-hybridized carbons (Fsp3) is 0.286. The molecule has 1 aliphatic heterocycles. The molecule has 162 valence electrons. The van der Waals surface area contributed by atoms with Crippen molar-refractivity contribution in [2.45, 2.75) is 23.5 Å². The molecule has 3 aromatic rings. The van der Waals surface area contributed by atoms with Crippen LogP contribution in [0.1, 0.15) is 19.0 Å². The minimum Gasteiger partial charge on any atom is -0.466 e. The molecule has 0 fully saturated rings. The number of anilines is 1. The predicted molar refractivity (Wildman–Crippen MR) is 122 cm³/mol. The van der Waals surface area contributed by atoms with Crippen molar-refractivity contribution in [3.63, 3.8) is 0 Å². The number of carbonyl (C=O) groups is 1. The predicted octanol–water partition coefficient (Wildman–Crippen LogP) is 3.20. The zero-order valence-electron chi connectivity index (χ0n) is 17.1. The molecule has 0 saturated heterocycles. The highest BCUT2D eigenvalue weighted by molar-refractivity contribution is 8.15. The van der Waals surface area contributed by atoms with Crippen LogP contribution in [-0.4, -0.2) is 54.8 Å². The number of H-pyrrole nitrogens is 1. The van der Waals surface area contributed by atoms with E-state index in [1.54, 1.807) is 19.1 Å². The van der Waals surface area contributed by atoms with Crippen molar-refractivity contribution in [3.8, 4) is 0 Å². The third-order valence-corrected chi connectivity index (χ3v) is 7.89. The zero-order chi connectivity index (χ0) is 22.0. The summed E-state index contributed by atoms with van der Waals surface area (Å²) in [6.07, 6.45) is 3.18. The van der Waals surface area contributed by atoms with Gasteiger partial charge in [0.1, 0.15) is 9.94 Å². The highest BCUT2D eigenvalue weighted by Crippen LogP contribution is 2.33. The molecule has 0 amide bonds. The van der Waals surface area contributed by atoms with Crippen LogP contribution >= 0.6 is 11.8 Å². The Balaban J connectivity index is 1.60. The van der Waals surface area contributed by atoms with Crippen LogP contribution in [0.25, 0.3) is 10.9 Å². The van der Waals surface area contributed by atoms with Crippen LogP contribution in [0, 0.1) is 0 Å². The Morgan fingerprint density at radius 3 is 2.90 bits per heavy atom. The van der Waals surface area contributed by atoms with Gasteiger partial charge in [0.2, 0.25) is 0 Å². The molecule has 1 aliphatic rings. The molecule has 0 bridgehead atoms. The van der Waals surface area contributed by atoms with Gasteiger partial charge in [-0.05, 0) is 31.2 Å². The Hall–Kier alpha value is -2.85. The zero-order valence-corrected chi connectivity index (χ0v) is 18.7. The number of hydrogen-bond acceptors (Lipinski definition) is 7. The van der Waals surface area contributed by atoms with Crippen LogP contribution in [-0.2, 0) is 19.6 Å². The van der Waals surface area contributed by atoms with Crippen molar-refractivity contribution in [2.75, 3.05) is 24.5 Å². The first-order valence-electron chi connectivity index (χ1n) is 9.78. The molecule has 1 aromatic carbocycles. The van der Waals surface area contributed by atoms with Crippen molar-refractivity contribution < 1.29 is 17.9 Å². The Kier molecular flexibility index (Phi) is 6.01. The number of thioether (sulfide) groups is 1. The summed E-state index contributed by atoms with van der Waals surface area (Å²) in [4.78, 5) is 23.7. The van der Waals surface area contributed by atoms with Gasteiger partial charge in [-0.3, -0.25) is 19.1 Å². The number of fused-ring (bicyclic) bond motifs is 1. The molecule has 31 heavy (non-hydrogen) atoms. The summed E-state index contributed by atoms with van der Waals surface area (Å²) >= 11 is 1.53. The van der Waals surface area contributed by atoms with E-state index in [4.69, 9.17) is 4.74 Å². The number of carbonyl (C=O) groups excluding carboxylic acids is 1. The number of hydrogen-bond donors (Lipinski definition) is 1. The normalized spacial score (nSPS) is 16.3. The Morgan fingerprint density at radius 2 is 2.16 bits per heavy atom. The number of nitrogens with zero attached hydrogens (tertiary/aromatic N) is 3. The maximum absolute atomic E-state index is 13.0. The minimum atomic E-state index is -3.76. The summed E-state index contributed by atoms with van der Waals surface area (Å²) in [7, 11) is -2.23. The number of rotatable bonds is 7. The lowest BCUT2D eigenvalue weighted by atomic mass is 10.2. The summed E-state index contributed by atoms with van der Waals surface area (Å²) in [5, 5.41) is 1.71. The number of sulfonamides is 1. The van der Waals surface area contributed by atoms with Gasteiger partial charge in [-0.25, -0.2) is 8.42 Å². The highest BCUT2D eigenvalue weighted by Gasteiger charge is 2.27. The number of pyridine rings is 1. The lowest BCUT2D eigenvalue weighted by molar-refractivity contribution is -0.143. The number of aromatic nitrogens is 2. The molecule has 10 heteroatoms. The first-order valence-corrected chi connectivity index (χ1v) is 12.1. The third-order valence-electron chi connectivity index (χ3n) is 4.91. The number of nitrogens with one attached hydrogen (secondary N) is 1. The van der Waals surface area contributed by atoms with Gasteiger partial charge in [0, 0.05) is 30.1 Å². The quantitative estimate of drug-likeness (QED) is 0.545. The fourth-order valence-corrected chi connectivity index (χ4v) is 5.63. The average molecular weight is 459 g/mol. The highest BCUT2D eigenvalue weighted by atomic mass is 32.2. The Bertz CT molecular complexity index is 1240. The number of aromatic amines is 1. The van der Waals surface area contributed by atoms with E-state index in [0.29, 0.717) is 30.8 Å². The lowest BCUT2D eigenvalue weighted by Crippen LogP contribution is -2.26. The van der Waals surface area contributed by atoms with Crippen LogP contribution in [0.2, 0.25) is 0 Å². The van der Waals surface area contributed by atoms with E-state index in [9.17, 15) is 13.2 Å². The Morgan fingerprint density at radius 1 is 1.32 bits per heavy atom.